The van der Waals surface area contributed by atoms with Gasteiger partial charge in [-0.15, -0.1) is 0 Å². The molecule has 1 fully saturated rings. The van der Waals surface area contributed by atoms with Crippen molar-refractivity contribution in [3.63, 3.8) is 0 Å². The topological polar surface area (TPSA) is 78.6 Å². The lowest BCUT2D eigenvalue weighted by molar-refractivity contribution is 0.0572. The number of benzene rings is 1. The number of aliphatic hydroxyl groups is 2. The molecular formula is C17H20FN3O3. The molecule has 2 N–H and O–H groups in total. The van der Waals surface area contributed by atoms with E-state index in [0.717, 1.165) is 0 Å². The number of nitrogens with zero attached hydrogens (tertiary/aromatic N) is 3. The van der Waals surface area contributed by atoms with Crippen molar-refractivity contribution in [2.75, 3.05) is 13.1 Å². The predicted octanol–water partition coefficient (Wildman–Crippen LogP) is 1.31. The van der Waals surface area contributed by atoms with Crippen LogP contribution in [0.4, 0.5) is 4.39 Å². The van der Waals surface area contributed by atoms with Crippen LogP contribution in [-0.2, 0) is 0 Å². The van der Waals surface area contributed by atoms with Gasteiger partial charge in [-0.25, -0.2) is 9.07 Å². The summed E-state index contributed by atoms with van der Waals surface area (Å²) >= 11 is 0. The van der Waals surface area contributed by atoms with Gasteiger partial charge in [0.25, 0.3) is 5.91 Å². The molecule has 0 radical (unpaired) electrons. The van der Waals surface area contributed by atoms with Crippen LogP contribution < -0.4 is 0 Å². The van der Waals surface area contributed by atoms with Crippen LogP contribution in [-0.4, -0.2) is 56.1 Å². The fourth-order valence-electron chi connectivity index (χ4n) is 2.97. The SMILES string of the molecule is CC(C)c1c(C(=O)N2C[C@@H](O)[C@@H](O)C2)cnn1-c1ccc(F)cc1. The number of hydrogen-bond donors (Lipinski definition) is 2. The minimum absolute atomic E-state index is 0.00829. The van der Waals surface area contributed by atoms with Crippen molar-refractivity contribution in [3.05, 3.63) is 47.5 Å². The van der Waals surface area contributed by atoms with Gasteiger partial charge >= 0.3 is 0 Å². The molecule has 0 bridgehead atoms. The number of halogens is 1. The van der Waals surface area contributed by atoms with Gasteiger partial charge in [-0.05, 0) is 30.2 Å². The molecule has 0 spiro atoms. The standard InChI is InChI=1S/C17H20FN3O3/c1-10(2)16-13(17(24)20-8-14(22)15(23)9-20)7-19-21(16)12-5-3-11(18)4-6-12/h3-7,10,14-15,22-23H,8-9H2,1-2H3/t14-,15+. The van der Waals surface area contributed by atoms with E-state index in [-0.39, 0.29) is 30.7 Å². The minimum atomic E-state index is -0.927. The second-order valence-corrected chi connectivity index (χ2v) is 6.33. The monoisotopic (exact) mass is 333 g/mol. The van der Waals surface area contributed by atoms with E-state index in [1.807, 2.05) is 13.8 Å². The molecule has 1 aliphatic rings. The second-order valence-electron chi connectivity index (χ2n) is 6.33. The van der Waals surface area contributed by atoms with Crippen LogP contribution in [0.3, 0.4) is 0 Å². The van der Waals surface area contributed by atoms with Crippen LogP contribution >= 0.6 is 0 Å². The van der Waals surface area contributed by atoms with Gasteiger partial charge < -0.3 is 15.1 Å². The first kappa shape index (κ1) is 16.6. The lowest BCUT2D eigenvalue weighted by Crippen LogP contribution is -2.30. The number of aliphatic hydroxyl groups excluding tert-OH is 2. The molecule has 0 saturated carbocycles. The first-order valence-corrected chi connectivity index (χ1v) is 7.87. The number of likely N-dealkylation sites (tertiary alicyclic amines) is 1. The highest BCUT2D eigenvalue weighted by Gasteiger charge is 2.35. The Kier molecular flexibility index (Phi) is 4.38. The summed E-state index contributed by atoms with van der Waals surface area (Å²) in [5.74, 6) is -0.607. The van der Waals surface area contributed by atoms with E-state index in [2.05, 4.69) is 5.10 Å². The number of β-amino-alcohol motifs (C(OH)–C–C–N with tert-alkyl or cyclic N) is 2. The van der Waals surface area contributed by atoms with Crippen LogP contribution in [0.1, 0.15) is 35.8 Å². The van der Waals surface area contributed by atoms with E-state index in [0.29, 0.717) is 16.9 Å². The Balaban J connectivity index is 1.97. The maximum Gasteiger partial charge on any atom is 0.257 e. The second kappa shape index (κ2) is 6.33. The summed E-state index contributed by atoms with van der Waals surface area (Å²) in [6, 6.07) is 5.89. The summed E-state index contributed by atoms with van der Waals surface area (Å²) in [5, 5.41) is 23.6. The van der Waals surface area contributed by atoms with Gasteiger partial charge in [-0.1, -0.05) is 13.8 Å². The maximum absolute atomic E-state index is 13.1. The third kappa shape index (κ3) is 2.92. The normalized spacial score (nSPS) is 20.8. The first-order valence-electron chi connectivity index (χ1n) is 7.87. The quantitative estimate of drug-likeness (QED) is 0.888. The number of carbonyl (C=O) groups excluding carboxylic acids is 1. The lowest BCUT2D eigenvalue weighted by Gasteiger charge is -2.17. The van der Waals surface area contributed by atoms with Crippen molar-refractivity contribution in [1.82, 2.24) is 14.7 Å². The van der Waals surface area contributed by atoms with Crippen molar-refractivity contribution in [1.29, 1.82) is 0 Å². The predicted molar refractivity (Wildman–Crippen MR) is 85.5 cm³/mol. The molecule has 1 aromatic heterocycles. The molecule has 0 unspecified atom stereocenters. The molecule has 1 amide bonds. The molecule has 2 aromatic rings. The summed E-state index contributed by atoms with van der Waals surface area (Å²) in [4.78, 5) is 14.2. The highest BCUT2D eigenvalue weighted by molar-refractivity contribution is 5.95. The van der Waals surface area contributed by atoms with Crippen molar-refractivity contribution in [2.24, 2.45) is 0 Å². The zero-order valence-corrected chi connectivity index (χ0v) is 13.6. The van der Waals surface area contributed by atoms with Gasteiger partial charge in [-0.2, -0.15) is 5.10 Å². The van der Waals surface area contributed by atoms with Crippen LogP contribution in [0.2, 0.25) is 0 Å². The molecule has 24 heavy (non-hydrogen) atoms. The summed E-state index contributed by atoms with van der Waals surface area (Å²) in [7, 11) is 0. The van der Waals surface area contributed by atoms with Gasteiger partial charge in [0.2, 0.25) is 0 Å². The first-order chi connectivity index (χ1) is 11.4. The van der Waals surface area contributed by atoms with E-state index in [4.69, 9.17) is 0 Å². The van der Waals surface area contributed by atoms with E-state index in [9.17, 15) is 19.4 Å². The summed E-state index contributed by atoms with van der Waals surface area (Å²) in [6.07, 6.45) is -0.370. The van der Waals surface area contributed by atoms with Crippen molar-refractivity contribution in [2.45, 2.75) is 32.0 Å². The zero-order chi connectivity index (χ0) is 17.4. The largest absolute Gasteiger partial charge is 0.388 e. The Labute approximate surface area is 139 Å². The van der Waals surface area contributed by atoms with Gasteiger partial charge in [-0.3, -0.25) is 4.79 Å². The number of rotatable bonds is 3. The van der Waals surface area contributed by atoms with E-state index >= 15 is 0 Å². The van der Waals surface area contributed by atoms with Gasteiger partial charge in [0.15, 0.2) is 0 Å². The fraction of sp³-hybridized carbons (Fsp3) is 0.412. The summed E-state index contributed by atoms with van der Waals surface area (Å²) in [5.41, 5.74) is 1.80. The molecule has 1 saturated heterocycles. The third-order valence-electron chi connectivity index (χ3n) is 4.20. The van der Waals surface area contributed by atoms with E-state index < -0.39 is 12.2 Å². The molecule has 1 aliphatic heterocycles. The smallest absolute Gasteiger partial charge is 0.257 e. The highest BCUT2D eigenvalue weighted by atomic mass is 19.1. The average Bonchev–Trinajstić information content (AvgIpc) is 3.12. The molecule has 3 rings (SSSR count). The molecule has 7 heteroatoms. The number of amides is 1. The Morgan fingerprint density at radius 3 is 2.33 bits per heavy atom. The van der Waals surface area contributed by atoms with Crippen molar-refractivity contribution < 1.29 is 19.4 Å². The molecule has 6 nitrogen and oxygen atoms in total. The Hall–Kier alpha value is -2.25. The van der Waals surface area contributed by atoms with Crippen LogP contribution in [0.15, 0.2) is 30.5 Å². The van der Waals surface area contributed by atoms with Crippen LogP contribution in [0.5, 0.6) is 0 Å². The number of carbonyl (C=O) groups is 1. The minimum Gasteiger partial charge on any atom is -0.388 e. The third-order valence-corrected chi connectivity index (χ3v) is 4.20. The average molecular weight is 333 g/mol. The molecule has 2 heterocycles. The molecular weight excluding hydrogens is 313 g/mol. The Bertz CT molecular complexity index is 732. The zero-order valence-electron chi connectivity index (χ0n) is 13.6. The number of aromatic nitrogens is 2. The van der Waals surface area contributed by atoms with Gasteiger partial charge in [0.05, 0.1) is 35.3 Å². The van der Waals surface area contributed by atoms with Gasteiger partial charge in [0, 0.05) is 13.1 Å². The molecule has 1 aromatic carbocycles. The fourth-order valence-corrected chi connectivity index (χ4v) is 2.97. The highest BCUT2D eigenvalue weighted by Crippen LogP contribution is 2.25. The van der Waals surface area contributed by atoms with E-state index in [1.54, 1.807) is 16.8 Å². The maximum atomic E-state index is 13.1. The van der Waals surface area contributed by atoms with Crippen molar-refractivity contribution in [3.8, 4) is 5.69 Å². The molecule has 0 aliphatic carbocycles. The summed E-state index contributed by atoms with van der Waals surface area (Å²) < 4.78 is 14.8. The Morgan fingerprint density at radius 1 is 1.21 bits per heavy atom. The van der Waals surface area contributed by atoms with Crippen LogP contribution in [0, 0.1) is 5.82 Å². The number of hydrogen-bond acceptors (Lipinski definition) is 4. The van der Waals surface area contributed by atoms with E-state index in [1.165, 1.54) is 23.2 Å². The summed E-state index contributed by atoms with van der Waals surface area (Å²) in [6.45, 7) is 4.08. The van der Waals surface area contributed by atoms with Gasteiger partial charge in [0.1, 0.15) is 5.82 Å². The van der Waals surface area contributed by atoms with Crippen LogP contribution in [0.25, 0.3) is 5.69 Å². The Morgan fingerprint density at radius 2 is 1.79 bits per heavy atom. The lowest BCUT2D eigenvalue weighted by atomic mass is 10.0. The molecule has 128 valence electrons. The van der Waals surface area contributed by atoms with Crippen molar-refractivity contribution >= 4 is 5.91 Å². The molecule has 2 atom stereocenters.